The van der Waals surface area contributed by atoms with Gasteiger partial charge in [-0.1, -0.05) is 60.7 Å². The molecule has 7 rings (SSSR count). The van der Waals surface area contributed by atoms with Crippen molar-refractivity contribution in [2.75, 3.05) is 0 Å². The number of rotatable bonds is 1. The van der Waals surface area contributed by atoms with Crippen LogP contribution in [-0.2, 0) is 0 Å². The number of hydrogen-bond acceptors (Lipinski definition) is 3. The molecule has 0 saturated carbocycles. The van der Waals surface area contributed by atoms with Crippen molar-refractivity contribution in [3.05, 3.63) is 91.3 Å². The summed E-state index contributed by atoms with van der Waals surface area (Å²) in [6, 6.07) is 27.1. The summed E-state index contributed by atoms with van der Waals surface area (Å²) >= 11 is 0. The third-order valence-corrected chi connectivity index (χ3v) is 5.90. The van der Waals surface area contributed by atoms with E-state index < -0.39 is 0 Å². The van der Waals surface area contributed by atoms with Crippen molar-refractivity contribution in [1.82, 2.24) is 14.5 Å². The van der Waals surface area contributed by atoms with E-state index in [2.05, 4.69) is 75.2 Å². The third kappa shape index (κ3) is 1.90. The first-order valence-electron chi connectivity index (χ1n) is 9.94. The summed E-state index contributed by atoms with van der Waals surface area (Å²) < 4.78 is 8.62. The van der Waals surface area contributed by atoms with Gasteiger partial charge in [0, 0.05) is 33.9 Å². The molecule has 0 atom stereocenters. The van der Waals surface area contributed by atoms with E-state index in [1.807, 2.05) is 18.2 Å². The molecule has 140 valence electrons. The van der Waals surface area contributed by atoms with Gasteiger partial charge in [0.05, 0.1) is 5.52 Å². The maximum Gasteiger partial charge on any atom is 0.234 e. The SMILES string of the molecule is c1cnc(-n2c3ccccc3c3c4ccccc4c4c5ccccc5oc4c32)nc1. The second-order valence-electron chi connectivity index (χ2n) is 7.47. The summed E-state index contributed by atoms with van der Waals surface area (Å²) in [5.74, 6) is 0.640. The van der Waals surface area contributed by atoms with Gasteiger partial charge in [0.1, 0.15) is 11.1 Å². The summed E-state index contributed by atoms with van der Waals surface area (Å²) in [6.07, 6.45) is 3.56. The van der Waals surface area contributed by atoms with Gasteiger partial charge in [0.25, 0.3) is 0 Å². The number of furan rings is 1. The highest BCUT2D eigenvalue weighted by molar-refractivity contribution is 6.34. The highest BCUT2D eigenvalue weighted by atomic mass is 16.3. The Hall–Kier alpha value is -4.18. The minimum Gasteiger partial charge on any atom is -0.454 e. The number of aromatic nitrogens is 3. The molecule has 0 unspecified atom stereocenters. The standard InChI is InChI=1S/C26H15N3O/c1-2-9-17-16(8-1)22-18-10-3-5-12-20(18)29(26-27-14-7-15-28-26)24(22)25-23(17)19-11-4-6-13-21(19)30-25/h1-15H. The van der Waals surface area contributed by atoms with Crippen LogP contribution in [0.5, 0.6) is 0 Å². The molecule has 4 heteroatoms. The van der Waals surface area contributed by atoms with Gasteiger partial charge in [-0.25, -0.2) is 9.97 Å². The number of fused-ring (bicyclic) bond motifs is 10. The average Bonchev–Trinajstić information content (AvgIpc) is 3.36. The Morgan fingerprint density at radius 2 is 1.23 bits per heavy atom. The van der Waals surface area contributed by atoms with Crippen LogP contribution in [0.4, 0.5) is 0 Å². The Balaban J connectivity index is 1.89. The quantitative estimate of drug-likeness (QED) is 0.319. The molecule has 4 aromatic carbocycles. The van der Waals surface area contributed by atoms with Crippen molar-refractivity contribution >= 4 is 54.5 Å². The first-order valence-corrected chi connectivity index (χ1v) is 9.94. The first-order chi connectivity index (χ1) is 14.9. The topological polar surface area (TPSA) is 43.9 Å². The molecule has 0 saturated heterocycles. The van der Waals surface area contributed by atoms with Crippen molar-refractivity contribution in [1.29, 1.82) is 0 Å². The van der Waals surface area contributed by atoms with Crippen molar-refractivity contribution in [3.8, 4) is 5.95 Å². The maximum absolute atomic E-state index is 6.49. The summed E-state index contributed by atoms with van der Waals surface area (Å²) in [4.78, 5) is 9.14. The lowest BCUT2D eigenvalue weighted by Crippen LogP contribution is -1.99. The van der Waals surface area contributed by atoms with Crippen LogP contribution in [0.25, 0.3) is 60.5 Å². The lowest BCUT2D eigenvalue weighted by atomic mass is 9.99. The Morgan fingerprint density at radius 3 is 2.03 bits per heavy atom. The molecule has 3 aromatic heterocycles. The molecule has 0 aliphatic carbocycles. The van der Waals surface area contributed by atoms with Gasteiger partial charge in [-0.05, 0) is 29.0 Å². The van der Waals surface area contributed by atoms with Crippen molar-refractivity contribution < 1.29 is 4.42 Å². The van der Waals surface area contributed by atoms with Gasteiger partial charge < -0.3 is 4.42 Å². The Bertz CT molecular complexity index is 1740. The number of para-hydroxylation sites is 2. The molecule has 0 N–H and O–H groups in total. The van der Waals surface area contributed by atoms with E-state index in [4.69, 9.17) is 4.42 Å². The second-order valence-corrected chi connectivity index (χ2v) is 7.47. The maximum atomic E-state index is 6.49. The summed E-state index contributed by atoms with van der Waals surface area (Å²) in [5, 5.41) is 6.99. The number of nitrogens with zero attached hydrogens (tertiary/aromatic N) is 3. The molecule has 0 amide bonds. The van der Waals surface area contributed by atoms with E-state index in [1.165, 1.54) is 21.5 Å². The summed E-state index contributed by atoms with van der Waals surface area (Å²) in [5.41, 5.74) is 3.83. The molecule has 3 heterocycles. The third-order valence-electron chi connectivity index (χ3n) is 5.90. The van der Waals surface area contributed by atoms with Gasteiger partial charge >= 0.3 is 0 Å². The van der Waals surface area contributed by atoms with Gasteiger partial charge in [0.2, 0.25) is 5.95 Å². The predicted octanol–water partition coefficient (Wildman–Crippen LogP) is 6.63. The average molecular weight is 385 g/mol. The lowest BCUT2D eigenvalue weighted by molar-refractivity contribution is 0.671. The highest BCUT2D eigenvalue weighted by Gasteiger charge is 2.23. The van der Waals surface area contributed by atoms with Crippen LogP contribution in [0.2, 0.25) is 0 Å². The van der Waals surface area contributed by atoms with Crippen molar-refractivity contribution in [3.63, 3.8) is 0 Å². The zero-order valence-corrected chi connectivity index (χ0v) is 15.9. The van der Waals surface area contributed by atoms with Crippen molar-refractivity contribution in [2.45, 2.75) is 0 Å². The Morgan fingerprint density at radius 1 is 0.600 bits per heavy atom. The van der Waals surface area contributed by atoms with Gasteiger partial charge in [0.15, 0.2) is 5.58 Å². The van der Waals surface area contributed by atoms with Crippen LogP contribution in [0.15, 0.2) is 95.7 Å². The predicted molar refractivity (Wildman–Crippen MR) is 121 cm³/mol. The molecule has 0 bridgehead atoms. The zero-order chi connectivity index (χ0) is 19.7. The van der Waals surface area contributed by atoms with Gasteiger partial charge in [-0.2, -0.15) is 0 Å². The lowest BCUT2D eigenvalue weighted by Gasteiger charge is -2.07. The summed E-state index contributed by atoms with van der Waals surface area (Å²) in [6.45, 7) is 0. The van der Waals surface area contributed by atoms with Crippen LogP contribution in [-0.4, -0.2) is 14.5 Å². The highest BCUT2D eigenvalue weighted by Crippen LogP contribution is 2.44. The normalized spacial score (nSPS) is 12.0. The molecule has 30 heavy (non-hydrogen) atoms. The fraction of sp³-hybridized carbons (Fsp3) is 0. The molecule has 0 aliphatic rings. The minimum atomic E-state index is 0.640. The Kier molecular flexibility index (Phi) is 2.97. The van der Waals surface area contributed by atoms with Crippen LogP contribution < -0.4 is 0 Å². The van der Waals surface area contributed by atoms with Crippen LogP contribution in [0.3, 0.4) is 0 Å². The molecule has 0 aliphatic heterocycles. The minimum absolute atomic E-state index is 0.640. The Labute approximate surface area is 171 Å². The molecule has 0 spiro atoms. The molecular formula is C26H15N3O. The van der Waals surface area contributed by atoms with E-state index in [9.17, 15) is 0 Å². The van der Waals surface area contributed by atoms with E-state index in [0.717, 1.165) is 33.0 Å². The molecule has 0 fully saturated rings. The van der Waals surface area contributed by atoms with Crippen LogP contribution >= 0.6 is 0 Å². The van der Waals surface area contributed by atoms with Crippen LogP contribution in [0, 0.1) is 0 Å². The molecule has 7 aromatic rings. The second kappa shape index (κ2) is 5.67. The smallest absolute Gasteiger partial charge is 0.234 e. The largest absolute Gasteiger partial charge is 0.454 e. The van der Waals surface area contributed by atoms with Gasteiger partial charge in [-0.3, -0.25) is 4.57 Å². The van der Waals surface area contributed by atoms with Crippen molar-refractivity contribution in [2.24, 2.45) is 0 Å². The van der Waals surface area contributed by atoms with Crippen LogP contribution in [0.1, 0.15) is 0 Å². The number of benzene rings is 4. The molecular weight excluding hydrogens is 370 g/mol. The van der Waals surface area contributed by atoms with E-state index >= 15 is 0 Å². The monoisotopic (exact) mass is 385 g/mol. The molecule has 4 nitrogen and oxygen atoms in total. The fourth-order valence-corrected chi connectivity index (χ4v) is 4.74. The fourth-order valence-electron chi connectivity index (χ4n) is 4.74. The molecule has 0 radical (unpaired) electrons. The van der Waals surface area contributed by atoms with Gasteiger partial charge in [-0.15, -0.1) is 0 Å². The zero-order valence-electron chi connectivity index (χ0n) is 15.9. The van der Waals surface area contributed by atoms with E-state index in [1.54, 1.807) is 12.4 Å². The van der Waals surface area contributed by atoms with E-state index in [-0.39, 0.29) is 0 Å². The summed E-state index contributed by atoms with van der Waals surface area (Å²) in [7, 11) is 0. The first kappa shape index (κ1) is 15.7. The number of hydrogen-bond donors (Lipinski definition) is 0. The van der Waals surface area contributed by atoms with E-state index in [0.29, 0.717) is 5.95 Å².